The SMILES string of the molecule is CCCCN(CC)S(=O)(=O)c1ccc(C(=O)Nc2nnc([C@@H]3COc4ccccc4O3)o2)cc1. The lowest BCUT2D eigenvalue weighted by Crippen LogP contribution is -2.31. The summed E-state index contributed by atoms with van der Waals surface area (Å²) in [4.78, 5) is 12.7. The number of rotatable bonds is 9. The number of para-hydroxylation sites is 2. The minimum atomic E-state index is -3.62. The zero-order valence-electron chi connectivity index (χ0n) is 18.9. The number of aromatic nitrogens is 2. The number of carbonyl (C=O) groups excluding carboxylic acids is 1. The largest absolute Gasteiger partial charge is 0.485 e. The Morgan fingerprint density at radius 3 is 2.53 bits per heavy atom. The van der Waals surface area contributed by atoms with Gasteiger partial charge in [0.2, 0.25) is 16.1 Å². The molecule has 180 valence electrons. The molecule has 0 bridgehead atoms. The van der Waals surface area contributed by atoms with E-state index in [4.69, 9.17) is 13.9 Å². The highest BCUT2D eigenvalue weighted by atomic mass is 32.2. The number of unbranched alkanes of at least 4 members (excludes halogenated alkanes) is 1. The van der Waals surface area contributed by atoms with Gasteiger partial charge >= 0.3 is 6.01 Å². The van der Waals surface area contributed by atoms with Crippen molar-refractivity contribution in [2.45, 2.75) is 37.7 Å². The zero-order chi connectivity index (χ0) is 24.1. The normalized spacial score (nSPS) is 15.3. The third-order valence-corrected chi connectivity index (χ3v) is 7.30. The lowest BCUT2D eigenvalue weighted by molar-refractivity contribution is 0.0716. The Kier molecular flexibility index (Phi) is 7.13. The molecule has 0 saturated carbocycles. The molecule has 1 atom stereocenters. The smallest absolute Gasteiger partial charge is 0.322 e. The van der Waals surface area contributed by atoms with Crippen LogP contribution in [0.25, 0.3) is 0 Å². The van der Waals surface area contributed by atoms with E-state index in [0.29, 0.717) is 24.6 Å². The Morgan fingerprint density at radius 2 is 1.82 bits per heavy atom. The van der Waals surface area contributed by atoms with Crippen LogP contribution in [0.15, 0.2) is 57.8 Å². The molecule has 2 aromatic carbocycles. The molecular formula is C23H26N4O6S. The quantitative estimate of drug-likeness (QED) is 0.486. The van der Waals surface area contributed by atoms with Gasteiger partial charge in [-0.1, -0.05) is 37.5 Å². The van der Waals surface area contributed by atoms with Gasteiger partial charge in [-0.25, -0.2) is 8.42 Å². The van der Waals surface area contributed by atoms with Crippen LogP contribution in [0.1, 0.15) is 49.0 Å². The van der Waals surface area contributed by atoms with E-state index < -0.39 is 22.0 Å². The second-order valence-electron chi connectivity index (χ2n) is 7.64. The Hall–Kier alpha value is -3.44. The van der Waals surface area contributed by atoms with E-state index in [9.17, 15) is 13.2 Å². The van der Waals surface area contributed by atoms with Crippen molar-refractivity contribution >= 4 is 21.9 Å². The average Bonchev–Trinajstić information content (AvgIpc) is 3.32. The number of fused-ring (bicyclic) bond motifs is 1. The third-order valence-electron chi connectivity index (χ3n) is 5.31. The number of sulfonamides is 1. The van der Waals surface area contributed by atoms with Gasteiger partial charge in [0.1, 0.15) is 6.61 Å². The maximum Gasteiger partial charge on any atom is 0.322 e. The number of nitrogens with zero attached hydrogens (tertiary/aromatic N) is 3. The number of amides is 1. The number of hydrogen-bond acceptors (Lipinski definition) is 8. The monoisotopic (exact) mass is 486 g/mol. The van der Waals surface area contributed by atoms with Crippen molar-refractivity contribution in [3.63, 3.8) is 0 Å². The van der Waals surface area contributed by atoms with Gasteiger partial charge in [0.25, 0.3) is 11.8 Å². The molecule has 4 rings (SSSR count). The van der Waals surface area contributed by atoms with Gasteiger partial charge in [-0.2, -0.15) is 4.31 Å². The van der Waals surface area contributed by atoms with Gasteiger partial charge in [0, 0.05) is 18.7 Å². The van der Waals surface area contributed by atoms with E-state index in [0.717, 1.165) is 12.8 Å². The summed E-state index contributed by atoms with van der Waals surface area (Å²) in [5.41, 5.74) is 0.251. The number of carbonyl (C=O) groups is 1. The van der Waals surface area contributed by atoms with Gasteiger partial charge in [-0.05, 0) is 42.8 Å². The molecule has 0 unspecified atom stereocenters. The Labute approximate surface area is 197 Å². The van der Waals surface area contributed by atoms with E-state index in [2.05, 4.69) is 15.5 Å². The summed E-state index contributed by atoms with van der Waals surface area (Å²) < 4.78 is 44.1. The highest BCUT2D eigenvalue weighted by Crippen LogP contribution is 2.35. The number of ether oxygens (including phenoxy) is 2. The summed E-state index contributed by atoms with van der Waals surface area (Å²) in [6.07, 6.45) is 1.08. The standard InChI is InChI=1S/C23H26N4O6S/c1-3-5-14-27(4-2)34(29,30)17-12-10-16(11-13-17)21(28)24-23-26-25-22(33-23)20-15-31-18-8-6-7-9-19(18)32-20/h6-13,20H,3-5,14-15H2,1-2H3,(H,24,26,28)/t20-/m0/s1. The van der Waals surface area contributed by atoms with Crippen molar-refractivity contribution in [1.82, 2.24) is 14.5 Å². The van der Waals surface area contributed by atoms with Crippen molar-refractivity contribution < 1.29 is 27.1 Å². The topological polar surface area (TPSA) is 124 Å². The molecule has 3 aromatic rings. The molecular weight excluding hydrogens is 460 g/mol. The second kappa shape index (κ2) is 10.2. The molecule has 0 saturated heterocycles. The Morgan fingerprint density at radius 1 is 1.09 bits per heavy atom. The molecule has 1 aromatic heterocycles. The molecule has 0 spiro atoms. The number of nitrogens with one attached hydrogen (secondary N) is 1. The van der Waals surface area contributed by atoms with Gasteiger partial charge in [-0.15, -0.1) is 5.10 Å². The fraction of sp³-hybridized carbons (Fsp3) is 0.348. The summed E-state index contributed by atoms with van der Waals surface area (Å²) in [6.45, 7) is 4.84. The van der Waals surface area contributed by atoms with Gasteiger partial charge < -0.3 is 13.9 Å². The molecule has 1 N–H and O–H groups in total. The molecule has 1 aliphatic rings. The maximum absolute atomic E-state index is 12.8. The fourth-order valence-corrected chi connectivity index (χ4v) is 4.92. The molecule has 0 fully saturated rings. The van der Waals surface area contributed by atoms with Crippen LogP contribution in [0.4, 0.5) is 6.01 Å². The van der Waals surface area contributed by atoms with Crippen molar-refractivity contribution in [1.29, 1.82) is 0 Å². The first-order valence-electron chi connectivity index (χ1n) is 11.1. The van der Waals surface area contributed by atoms with E-state index in [-0.39, 0.29) is 29.0 Å². The lowest BCUT2D eigenvalue weighted by Gasteiger charge is -2.23. The lowest BCUT2D eigenvalue weighted by atomic mass is 10.2. The first kappa shape index (κ1) is 23.7. The number of hydrogen-bond donors (Lipinski definition) is 1. The first-order valence-corrected chi connectivity index (χ1v) is 12.5. The summed E-state index contributed by atoms with van der Waals surface area (Å²) >= 11 is 0. The van der Waals surface area contributed by atoms with Crippen molar-refractivity contribution in [2.75, 3.05) is 25.0 Å². The van der Waals surface area contributed by atoms with Crippen molar-refractivity contribution in [2.24, 2.45) is 0 Å². The predicted molar refractivity (Wildman–Crippen MR) is 123 cm³/mol. The van der Waals surface area contributed by atoms with Gasteiger partial charge in [0.15, 0.2) is 11.5 Å². The summed E-state index contributed by atoms with van der Waals surface area (Å²) in [7, 11) is -3.62. The van der Waals surface area contributed by atoms with Crippen molar-refractivity contribution in [3.05, 3.63) is 60.0 Å². The molecule has 2 heterocycles. The van der Waals surface area contributed by atoms with Crippen molar-refractivity contribution in [3.8, 4) is 11.5 Å². The number of anilines is 1. The third kappa shape index (κ3) is 5.05. The van der Waals surface area contributed by atoms with Crippen LogP contribution in [0, 0.1) is 0 Å². The van der Waals surface area contributed by atoms with Crippen LogP contribution >= 0.6 is 0 Å². The molecule has 1 aliphatic heterocycles. The molecule has 0 radical (unpaired) electrons. The van der Waals surface area contributed by atoms with E-state index >= 15 is 0 Å². The van der Waals surface area contributed by atoms with Crippen LogP contribution in [-0.2, 0) is 10.0 Å². The van der Waals surface area contributed by atoms with Crippen LogP contribution in [-0.4, -0.2) is 48.5 Å². The first-order chi connectivity index (χ1) is 16.4. The zero-order valence-corrected chi connectivity index (χ0v) is 19.7. The predicted octanol–water partition coefficient (Wildman–Crippen LogP) is 3.65. The molecule has 0 aliphatic carbocycles. The molecule has 1 amide bonds. The van der Waals surface area contributed by atoms with Crippen LogP contribution in [0.2, 0.25) is 0 Å². The summed E-state index contributed by atoms with van der Waals surface area (Å²) in [6, 6.07) is 12.9. The van der Waals surface area contributed by atoms with E-state index in [1.54, 1.807) is 19.1 Å². The molecule has 34 heavy (non-hydrogen) atoms. The van der Waals surface area contributed by atoms with Crippen LogP contribution < -0.4 is 14.8 Å². The van der Waals surface area contributed by atoms with Gasteiger partial charge in [-0.3, -0.25) is 10.1 Å². The summed E-state index contributed by atoms with van der Waals surface area (Å²) in [5, 5.41) is 10.3. The van der Waals surface area contributed by atoms with Crippen LogP contribution in [0.5, 0.6) is 11.5 Å². The minimum absolute atomic E-state index is 0.101. The van der Waals surface area contributed by atoms with E-state index in [1.807, 2.05) is 19.1 Å². The fourth-order valence-electron chi connectivity index (χ4n) is 3.44. The second-order valence-corrected chi connectivity index (χ2v) is 9.58. The summed E-state index contributed by atoms with van der Waals surface area (Å²) in [5.74, 6) is 0.847. The van der Waals surface area contributed by atoms with Gasteiger partial charge in [0.05, 0.1) is 4.90 Å². The van der Waals surface area contributed by atoms with E-state index in [1.165, 1.54) is 28.6 Å². The van der Waals surface area contributed by atoms with Crippen LogP contribution in [0.3, 0.4) is 0 Å². The Balaban J connectivity index is 1.41. The highest BCUT2D eigenvalue weighted by Gasteiger charge is 2.28. The maximum atomic E-state index is 12.8. The minimum Gasteiger partial charge on any atom is -0.485 e. The highest BCUT2D eigenvalue weighted by molar-refractivity contribution is 7.89. The molecule has 11 heteroatoms. The average molecular weight is 487 g/mol. The molecule has 10 nitrogen and oxygen atoms in total. The number of benzene rings is 2. The Bertz CT molecular complexity index is 1240.